The molecule has 128 valence electrons. The second-order valence-corrected chi connectivity index (χ2v) is 5.82. The van der Waals surface area contributed by atoms with E-state index in [-0.39, 0.29) is 6.61 Å². The number of hydrogen-bond donors (Lipinski definition) is 3. The molecular weight excluding hydrogens is 338 g/mol. The van der Waals surface area contributed by atoms with Gasteiger partial charge in [0, 0.05) is 29.5 Å². The Labute approximate surface area is 150 Å². The molecule has 0 radical (unpaired) electrons. The predicted octanol–water partition coefficient (Wildman–Crippen LogP) is 3.65. The highest BCUT2D eigenvalue weighted by Gasteiger charge is 2.08. The van der Waals surface area contributed by atoms with Gasteiger partial charge in [0.1, 0.15) is 5.82 Å². The number of aromatic nitrogens is 3. The first kappa shape index (κ1) is 17.1. The molecule has 0 amide bonds. The molecule has 0 spiro atoms. The molecule has 0 atom stereocenters. The number of aryl methyl sites for hydroxylation is 1. The smallest absolute Gasteiger partial charge is 0.225 e. The molecule has 2 aromatic heterocycles. The van der Waals surface area contributed by atoms with Crippen LogP contribution in [0.5, 0.6) is 0 Å². The molecule has 3 N–H and O–H groups in total. The zero-order valence-electron chi connectivity index (χ0n) is 13.7. The van der Waals surface area contributed by atoms with Gasteiger partial charge in [-0.25, -0.2) is 4.98 Å². The SMILES string of the molecule is Cc1cc(Nc2cc(-c3ccccn3)nc(NCCO)n2)ccc1Cl. The second kappa shape index (κ2) is 7.92. The molecule has 2 heterocycles. The van der Waals surface area contributed by atoms with Crippen LogP contribution in [0.3, 0.4) is 0 Å². The summed E-state index contributed by atoms with van der Waals surface area (Å²) in [6.07, 6.45) is 1.72. The molecule has 25 heavy (non-hydrogen) atoms. The summed E-state index contributed by atoms with van der Waals surface area (Å²) in [7, 11) is 0. The normalized spacial score (nSPS) is 10.5. The highest BCUT2D eigenvalue weighted by molar-refractivity contribution is 6.31. The van der Waals surface area contributed by atoms with Crippen molar-refractivity contribution in [3.05, 3.63) is 59.2 Å². The van der Waals surface area contributed by atoms with E-state index in [2.05, 4.69) is 25.6 Å². The third kappa shape index (κ3) is 4.43. The third-order valence-electron chi connectivity index (χ3n) is 3.48. The van der Waals surface area contributed by atoms with Gasteiger partial charge in [0.25, 0.3) is 0 Å². The Kier molecular flexibility index (Phi) is 5.42. The van der Waals surface area contributed by atoms with E-state index in [1.54, 1.807) is 6.20 Å². The molecule has 0 fully saturated rings. The maximum Gasteiger partial charge on any atom is 0.225 e. The van der Waals surface area contributed by atoms with Crippen LogP contribution in [0.4, 0.5) is 17.5 Å². The summed E-state index contributed by atoms with van der Waals surface area (Å²) in [5.74, 6) is 1.04. The van der Waals surface area contributed by atoms with Gasteiger partial charge < -0.3 is 15.7 Å². The summed E-state index contributed by atoms with van der Waals surface area (Å²) < 4.78 is 0. The zero-order valence-corrected chi connectivity index (χ0v) is 14.5. The van der Waals surface area contributed by atoms with Crippen LogP contribution >= 0.6 is 11.6 Å². The highest BCUT2D eigenvalue weighted by Crippen LogP contribution is 2.25. The summed E-state index contributed by atoms with van der Waals surface area (Å²) >= 11 is 6.08. The molecule has 0 saturated heterocycles. The first-order chi connectivity index (χ1) is 12.2. The van der Waals surface area contributed by atoms with Crippen LogP contribution < -0.4 is 10.6 Å². The van der Waals surface area contributed by atoms with Gasteiger partial charge in [0.05, 0.1) is 18.0 Å². The lowest BCUT2D eigenvalue weighted by molar-refractivity contribution is 0.311. The van der Waals surface area contributed by atoms with Gasteiger partial charge in [-0.15, -0.1) is 0 Å². The minimum Gasteiger partial charge on any atom is -0.395 e. The summed E-state index contributed by atoms with van der Waals surface area (Å²) in [4.78, 5) is 13.2. The fraction of sp³-hybridized carbons (Fsp3) is 0.167. The van der Waals surface area contributed by atoms with E-state index in [9.17, 15) is 0 Å². The first-order valence-electron chi connectivity index (χ1n) is 7.84. The topological polar surface area (TPSA) is 83.0 Å². The first-order valence-corrected chi connectivity index (χ1v) is 8.22. The van der Waals surface area contributed by atoms with Crippen molar-refractivity contribution >= 4 is 29.1 Å². The molecule has 6 nitrogen and oxygen atoms in total. The van der Waals surface area contributed by atoms with Crippen molar-refractivity contribution in [1.29, 1.82) is 0 Å². The fourth-order valence-electron chi connectivity index (χ4n) is 2.27. The maximum atomic E-state index is 9.02. The number of hydrogen-bond acceptors (Lipinski definition) is 6. The Morgan fingerprint density at radius 3 is 2.68 bits per heavy atom. The number of aliphatic hydroxyl groups excluding tert-OH is 1. The molecule has 3 aromatic rings. The predicted molar refractivity (Wildman–Crippen MR) is 100 cm³/mol. The Balaban J connectivity index is 1.95. The van der Waals surface area contributed by atoms with Crippen LogP contribution in [0.15, 0.2) is 48.7 Å². The summed E-state index contributed by atoms with van der Waals surface area (Å²) in [6.45, 7) is 2.31. The Morgan fingerprint density at radius 2 is 1.96 bits per heavy atom. The number of aliphatic hydroxyl groups is 1. The van der Waals surface area contributed by atoms with Crippen molar-refractivity contribution in [3.8, 4) is 11.4 Å². The van der Waals surface area contributed by atoms with Crippen molar-refractivity contribution < 1.29 is 5.11 Å². The summed E-state index contributed by atoms with van der Waals surface area (Å²) in [6, 6.07) is 13.1. The monoisotopic (exact) mass is 355 g/mol. The standard InChI is InChI=1S/C18H18ClN5O/c1-12-10-13(5-6-14(12)19)22-17-11-16(15-4-2-3-7-20-15)23-18(24-17)21-8-9-25/h2-7,10-11,25H,8-9H2,1H3,(H2,21,22,23,24). The van der Waals surface area contributed by atoms with E-state index in [0.29, 0.717) is 29.0 Å². The highest BCUT2D eigenvalue weighted by atomic mass is 35.5. The van der Waals surface area contributed by atoms with Crippen LogP contribution in [0.2, 0.25) is 5.02 Å². The van der Waals surface area contributed by atoms with Gasteiger partial charge >= 0.3 is 0 Å². The number of nitrogens with zero attached hydrogens (tertiary/aromatic N) is 3. The van der Waals surface area contributed by atoms with Crippen molar-refractivity contribution in [2.45, 2.75) is 6.92 Å². The van der Waals surface area contributed by atoms with Crippen molar-refractivity contribution in [1.82, 2.24) is 15.0 Å². The van der Waals surface area contributed by atoms with E-state index in [0.717, 1.165) is 16.9 Å². The molecule has 0 unspecified atom stereocenters. The molecule has 0 bridgehead atoms. The molecular formula is C18H18ClN5O. The van der Waals surface area contributed by atoms with Gasteiger partial charge in [-0.3, -0.25) is 4.98 Å². The Morgan fingerprint density at radius 1 is 1.08 bits per heavy atom. The molecule has 0 aliphatic heterocycles. The number of nitrogens with one attached hydrogen (secondary N) is 2. The molecule has 3 rings (SSSR count). The van der Waals surface area contributed by atoms with Gasteiger partial charge in [0.2, 0.25) is 5.95 Å². The van der Waals surface area contributed by atoms with Crippen LogP contribution in [-0.2, 0) is 0 Å². The third-order valence-corrected chi connectivity index (χ3v) is 3.90. The van der Waals surface area contributed by atoms with Crippen molar-refractivity contribution in [3.63, 3.8) is 0 Å². The lowest BCUT2D eigenvalue weighted by Gasteiger charge is -2.11. The minimum atomic E-state index is -0.00366. The number of benzene rings is 1. The average molecular weight is 356 g/mol. The Bertz CT molecular complexity index is 857. The lowest BCUT2D eigenvalue weighted by atomic mass is 10.2. The van der Waals surface area contributed by atoms with Crippen LogP contribution in [-0.4, -0.2) is 33.2 Å². The van der Waals surface area contributed by atoms with Gasteiger partial charge in [-0.2, -0.15) is 4.98 Å². The van der Waals surface area contributed by atoms with Crippen LogP contribution in [0.1, 0.15) is 5.56 Å². The van der Waals surface area contributed by atoms with E-state index < -0.39 is 0 Å². The molecule has 0 aliphatic rings. The van der Waals surface area contributed by atoms with Crippen molar-refractivity contribution in [2.75, 3.05) is 23.8 Å². The average Bonchev–Trinajstić information content (AvgIpc) is 2.63. The van der Waals surface area contributed by atoms with Gasteiger partial charge in [-0.05, 0) is 42.8 Å². The molecule has 0 saturated carbocycles. The fourth-order valence-corrected chi connectivity index (χ4v) is 2.39. The number of anilines is 3. The minimum absolute atomic E-state index is 0.00366. The van der Waals surface area contributed by atoms with Gasteiger partial charge in [-0.1, -0.05) is 17.7 Å². The van der Waals surface area contributed by atoms with E-state index in [1.807, 2.05) is 49.4 Å². The summed E-state index contributed by atoms with van der Waals surface area (Å²) in [5.41, 5.74) is 3.28. The van der Waals surface area contributed by atoms with Gasteiger partial charge in [0.15, 0.2) is 0 Å². The van der Waals surface area contributed by atoms with Crippen molar-refractivity contribution in [2.24, 2.45) is 0 Å². The van der Waals surface area contributed by atoms with E-state index >= 15 is 0 Å². The van der Waals surface area contributed by atoms with Crippen LogP contribution in [0, 0.1) is 6.92 Å². The lowest BCUT2D eigenvalue weighted by Crippen LogP contribution is -2.10. The van der Waals surface area contributed by atoms with E-state index in [4.69, 9.17) is 16.7 Å². The van der Waals surface area contributed by atoms with Crippen LogP contribution in [0.25, 0.3) is 11.4 Å². The maximum absolute atomic E-state index is 9.02. The largest absolute Gasteiger partial charge is 0.395 e. The number of rotatable bonds is 6. The zero-order chi connectivity index (χ0) is 17.6. The summed E-state index contributed by atoms with van der Waals surface area (Å²) in [5, 5.41) is 16.0. The quantitative estimate of drug-likeness (QED) is 0.626. The second-order valence-electron chi connectivity index (χ2n) is 5.42. The number of pyridine rings is 1. The molecule has 7 heteroatoms. The Hall–Kier alpha value is -2.70. The molecule has 1 aromatic carbocycles. The van der Waals surface area contributed by atoms with E-state index in [1.165, 1.54) is 0 Å². The molecule has 0 aliphatic carbocycles. The number of halogens is 1.